The van der Waals surface area contributed by atoms with E-state index in [2.05, 4.69) is 10.4 Å². The summed E-state index contributed by atoms with van der Waals surface area (Å²) in [5.74, 6) is -0.167. The SMILES string of the molecule is CCn1ncc(NC(=O)c2cccc(COc3ccc([N+](=O)[O-])cc3)c2)c1C(=O)N(C)C. The molecule has 0 bridgehead atoms. The summed E-state index contributed by atoms with van der Waals surface area (Å²) < 4.78 is 7.19. The number of carbonyl (C=O) groups is 2. The minimum Gasteiger partial charge on any atom is -0.489 e. The van der Waals surface area contributed by atoms with Gasteiger partial charge in [0.2, 0.25) is 0 Å². The van der Waals surface area contributed by atoms with Crippen molar-refractivity contribution in [3.05, 3.63) is 81.7 Å². The number of non-ortho nitro benzene ring substituents is 1. The van der Waals surface area contributed by atoms with Crippen molar-refractivity contribution in [2.75, 3.05) is 19.4 Å². The third-order valence-electron chi connectivity index (χ3n) is 4.64. The van der Waals surface area contributed by atoms with E-state index in [0.29, 0.717) is 29.2 Å². The van der Waals surface area contributed by atoms with E-state index in [1.165, 1.54) is 40.0 Å². The number of nitro benzene ring substituents is 1. The molecule has 0 fully saturated rings. The van der Waals surface area contributed by atoms with Gasteiger partial charge >= 0.3 is 0 Å². The van der Waals surface area contributed by atoms with Crippen LogP contribution in [0.25, 0.3) is 0 Å². The fourth-order valence-corrected chi connectivity index (χ4v) is 2.98. The molecule has 2 aromatic carbocycles. The number of amides is 2. The summed E-state index contributed by atoms with van der Waals surface area (Å²) >= 11 is 0. The maximum absolute atomic E-state index is 12.8. The van der Waals surface area contributed by atoms with Crippen molar-refractivity contribution in [1.82, 2.24) is 14.7 Å². The van der Waals surface area contributed by atoms with Gasteiger partial charge in [0.05, 0.1) is 16.8 Å². The molecular formula is C22H23N5O5. The molecule has 166 valence electrons. The smallest absolute Gasteiger partial charge is 0.273 e. The molecule has 0 radical (unpaired) electrons. The van der Waals surface area contributed by atoms with Crippen molar-refractivity contribution < 1.29 is 19.2 Å². The number of ether oxygens (including phenoxy) is 1. The summed E-state index contributed by atoms with van der Waals surface area (Å²) in [6.07, 6.45) is 1.46. The Bertz CT molecular complexity index is 1140. The monoisotopic (exact) mass is 437 g/mol. The number of carbonyl (C=O) groups excluding carboxylic acids is 2. The van der Waals surface area contributed by atoms with Crippen LogP contribution in [0.5, 0.6) is 5.75 Å². The van der Waals surface area contributed by atoms with Crippen molar-refractivity contribution in [3.8, 4) is 5.75 Å². The quantitative estimate of drug-likeness (QED) is 0.426. The zero-order valence-corrected chi connectivity index (χ0v) is 17.9. The van der Waals surface area contributed by atoms with Gasteiger partial charge in [-0.25, -0.2) is 0 Å². The summed E-state index contributed by atoms with van der Waals surface area (Å²) in [6, 6.07) is 12.6. The maximum Gasteiger partial charge on any atom is 0.273 e. The highest BCUT2D eigenvalue weighted by Crippen LogP contribution is 2.20. The van der Waals surface area contributed by atoms with E-state index in [4.69, 9.17) is 4.74 Å². The maximum atomic E-state index is 12.8. The molecule has 10 nitrogen and oxygen atoms in total. The Kier molecular flexibility index (Phi) is 6.83. The molecule has 0 aliphatic carbocycles. The average molecular weight is 437 g/mol. The Balaban J connectivity index is 1.71. The van der Waals surface area contributed by atoms with Gasteiger partial charge in [-0.2, -0.15) is 5.10 Å². The van der Waals surface area contributed by atoms with Crippen LogP contribution in [0.1, 0.15) is 33.3 Å². The van der Waals surface area contributed by atoms with Gasteiger partial charge in [0, 0.05) is 38.3 Å². The van der Waals surface area contributed by atoms with Crippen LogP contribution < -0.4 is 10.1 Å². The van der Waals surface area contributed by atoms with E-state index in [-0.39, 0.29) is 24.1 Å². The summed E-state index contributed by atoms with van der Waals surface area (Å²) in [5.41, 5.74) is 1.76. The number of anilines is 1. The Morgan fingerprint density at radius 2 is 1.91 bits per heavy atom. The van der Waals surface area contributed by atoms with Crippen LogP contribution >= 0.6 is 0 Å². The average Bonchev–Trinajstić information content (AvgIpc) is 3.19. The molecule has 3 rings (SSSR count). The normalized spacial score (nSPS) is 10.5. The summed E-state index contributed by atoms with van der Waals surface area (Å²) in [4.78, 5) is 37.0. The zero-order valence-electron chi connectivity index (χ0n) is 17.9. The molecule has 0 saturated heterocycles. The van der Waals surface area contributed by atoms with Crippen LogP contribution in [0, 0.1) is 10.1 Å². The van der Waals surface area contributed by atoms with Crippen molar-refractivity contribution in [1.29, 1.82) is 0 Å². The number of nitrogens with one attached hydrogen (secondary N) is 1. The van der Waals surface area contributed by atoms with Crippen LogP contribution in [0.15, 0.2) is 54.7 Å². The molecule has 1 aromatic heterocycles. The number of hydrogen-bond donors (Lipinski definition) is 1. The zero-order chi connectivity index (χ0) is 23.3. The largest absolute Gasteiger partial charge is 0.489 e. The van der Waals surface area contributed by atoms with E-state index < -0.39 is 4.92 Å². The molecule has 0 aliphatic rings. The number of nitrogens with zero attached hydrogens (tertiary/aromatic N) is 4. The molecule has 0 atom stereocenters. The Morgan fingerprint density at radius 3 is 2.53 bits per heavy atom. The van der Waals surface area contributed by atoms with Crippen LogP contribution in [0.2, 0.25) is 0 Å². The van der Waals surface area contributed by atoms with Crippen molar-refractivity contribution in [2.45, 2.75) is 20.1 Å². The minimum absolute atomic E-state index is 0.0190. The Morgan fingerprint density at radius 1 is 1.19 bits per heavy atom. The van der Waals surface area contributed by atoms with Crippen LogP contribution in [0.4, 0.5) is 11.4 Å². The topological polar surface area (TPSA) is 120 Å². The van der Waals surface area contributed by atoms with Gasteiger partial charge in [0.15, 0.2) is 0 Å². The van der Waals surface area contributed by atoms with Gasteiger partial charge in [-0.1, -0.05) is 12.1 Å². The second-order valence-corrected chi connectivity index (χ2v) is 7.12. The number of nitro groups is 1. The number of rotatable bonds is 8. The molecular weight excluding hydrogens is 414 g/mol. The number of aromatic nitrogens is 2. The first-order valence-electron chi connectivity index (χ1n) is 9.85. The van der Waals surface area contributed by atoms with Crippen molar-refractivity contribution in [3.63, 3.8) is 0 Å². The fourth-order valence-electron chi connectivity index (χ4n) is 2.98. The molecule has 0 aliphatic heterocycles. The van der Waals surface area contributed by atoms with Gasteiger partial charge in [0.1, 0.15) is 18.1 Å². The van der Waals surface area contributed by atoms with Crippen LogP contribution in [-0.2, 0) is 13.2 Å². The molecule has 2 amide bonds. The molecule has 0 unspecified atom stereocenters. The van der Waals surface area contributed by atoms with Crippen LogP contribution in [-0.4, -0.2) is 45.5 Å². The van der Waals surface area contributed by atoms with Gasteiger partial charge in [0.25, 0.3) is 17.5 Å². The number of hydrogen-bond acceptors (Lipinski definition) is 6. The lowest BCUT2D eigenvalue weighted by Gasteiger charge is -2.14. The lowest BCUT2D eigenvalue weighted by atomic mass is 10.1. The van der Waals surface area contributed by atoms with Gasteiger partial charge in [-0.3, -0.25) is 24.4 Å². The highest BCUT2D eigenvalue weighted by atomic mass is 16.6. The molecule has 1 N–H and O–H groups in total. The first-order chi connectivity index (χ1) is 15.3. The van der Waals surface area contributed by atoms with E-state index in [1.807, 2.05) is 6.92 Å². The summed E-state index contributed by atoms with van der Waals surface area (Å²) in [5, 5.41) is 17.7. The van der Waals surface area contributed by atoms with E-state index in [1.54, 1.807) is 38.4 Å². The Hall–Kier alpha value is -4.21. The molecule has 1 heterocycles. The predicted molar refractivity (Wildman–Crippen MR) is 118 cm³/mol. The van der Waals surface area contributed by atoms with Gasteiger partial charge in [-0.15, -0.1) is 0 Å². The molecule has 3 aromatic rings. The number of aryl methyl sites for hydroxylation is 1. The van der Waals surface area contributed by atoms with E-state index in [0.717, 1.165) is 5.56 Å². The van der Waals surface area contributed by atoms with E-state index in [9.17, 15) is 19.7 Å². The summed E-state index contributed by atoms with van der Waals surface area (Å²) in [6.45, 7) is 2.52. The standard InChI is InChI=1S/C22H23N5O5/c1-4-26-20(22(29)25(2)3)19(13-23-26)24-21(28)16-7-5-6-15(12-16)14-32-18-10-8-17(9-11-18)27(30)31/h5-13H,4,14H2,1-3H3,(H,24,28). The third kappa shape index (κ3) is 5.09. The second kappa shape index (κ2) is 9.73. The van der Waals surface area contributed by atoms with E-state index >= 15 is 0 Å². The molecule has 0 spiro atoms. The highest BCUT2D eigenvalue weighted by molar-refractivity contribution is 6.08. The lowest BCUT2D eigenvalue weighted by molar-refractivity contribution is -0.384. The predicted octanol–water partition coefficient (Wildman–Crippen LogP) is 3.34. The fraction of sp³-hybridized carbons (Fsp3) is 0.227. The van der Waals surface area contributed by atoms with Crippen molar-refractivity contribution in [2.24, 2.45) is 0 Å². The third-order valence-corrected chi connectivity index (χ3v) is 4.64. The molecule has 10 heteroatoms. The van der Waals surface area contributed by atoms with Gasteiger partial charge < -0.3 is 15.0 Å². The first-order valence-corrected chi connectivity index (χ1v) is 9.85. The molecule has 0 saturated carbocycles. The second-order valence-electron chi connectivity index (χ2n) is 7.12. The summed E-state index contributed by atoms with van der Waals surface area (Å²) in [7, 11) is 3.27. The highest BCUT2D eigenvalue weighted by Gasteiger charge is 2.21. The minimum atomic E-state index is -0.479. The number of benzene rings is 2. The molecule has 32 heavy (non-hydrogen) atoms. The van der Waals surface area contributed by atoms with Crippen LogP contribution in [0.3, 0.4) is 0 Å². The lowest BCUT2D eigenvalue weighted by Crippen LogP contribution is -2.26. The Labute approximate surface area is 184 Å². The first kappa shape index (κ1) is 22.5. The van der Waals surface area contributed by atoms with Crippen molar-refractivity contribution >= 4 is 23.2 Å². The van der Waals surface area contributed by atoms with Gasteiger partial charge in [-0.05, 0) is 36.8 Å².